The van der Waals surface area contributed by atoms with Crippen LogP contribution in [0.15, 0.2) is 58.6 Å². The minimum Gasteiger partial charge on any atom is -0.294 e. The molecular weight excluding hydrogens is 400 g/mol. The second kappa shape index (κ2) is 8.74. The van der Waals surface area contributed by atoms with Crippen molar-refractivity contribution in [3.05, 3.63) is 59.7 Å². The van der Waals surface area contributed by atoms with Crippen LogP contribution >= 0.6 is 0 Å². The van der Waals surface area contributed by atoms with Crippen molar-refractivity contribution < 1.29 is 4.79 Å². The Labute approximate surface area is 188 Å². The molecule has 32 heavy (non-hydrogen) atoms. The van der Waals surface area contributed by atoms with E-state index < -0.39 is 5.54 Å². The van der Waals surface area contributed by atoms with Gasteiger partial charge < -0.3 is 0 Å². The van der Waals surface area contributed by atoms with Crippen molar-refractivity contribution in [2.75, 3.05) is 0 Å². The van der Waals surface area contributed by atoms with Gasteiger partial charge in [-0.1, -0.05) is 74.7 Å². The third kappa shape index (κ3) is 3.77. The van der Waals surface area contributed by atoms with E-state index in [9.17, 15) is 4.79 Å². The number of amides is 1. The predicted molar refractivity (Wildman–Crippen MR) is 127 cm³/mol. The average molecular weight is 431 g/mol. The second-order valence-electron chi connectivity index (χ2n) is 8.83. The number of hydrogen-bond acceptors (Lipinski definition) is 6. The number of hydrazone groups is 1. The van der Waals surface area contributed by atoms with E-state index in [1.54, 1.807) is 0 Å². The van der Waals surface area contributed by atoms with E-state index in [0.29, 0.717) is 6.54 Å². The highest BCUT2D eigenvalue weighted by Crippen LogP contribution is 2.40. The quantitative estimate of drug-likeness (QED) is 0.623. The summed E-state index contributed by atoms with van der Waals surface area (Å²) in [7, 11) is 0. The van der Waals surface area contributed by atoms with Crippen LogP contribution in [0.2, 0.25) is 0 Å². The maximum absolute atomic E-state index is 13.4. The van der Waals surface area contributed by atoms with Gasteiger partial charge in [0.05, 0.1) is 6.54 Å². The van der Waals surface area contributed by atoms with E-state index in [2.05, 4.69) is 58.9 Å². The van der Waals surface area contributed by atoms with E-state index in [4.69, 9.17) is 4.99 Å². The van der Waals surface area contributed by atoms with Crippen molar-refractivity contribution in [2.45, 2.75) is 64.0 Å². The molecule has 0 radical (unpaired) electrons. The third-order valence-electron chi connectivity index (χ3n) is 6.67. The summed E-state index contributed by atoms with van der Waals surface area (Å²) in [5.41, 5.74) is 12.4. The number of hydrazine groups is 2. The molecule has 1 aliphatic carbocycles. The Kier molecular flexibility index (Phi) is 5.66. The minimum atomic E-state index is -0.473. The summed E-state index contributed by atoms with van der Waals surface area (Å²) in [6, 6.07) is 16.7. The van der Waals surface area contributed by atoms with Gasteiger partial charge in [-0.25, -0.2) is 5.53 Å². The molecule has 0 unspecified atom stereocenters. The van der Waals surface area contributed by atoms with E-state index >= 15 is 0 Å². The molecule has 0 aromatic heterocycles. The molecule has 7 heteroatoms. The molecular formula is C25H30N6O. The molecule has 166 valence electrons. The molecule has 3 aliphatic rings. The number of carbonyl (C=O) groups excluding carboxylic acids is 1. The number of nitrogens with one attached hydrogen (secondary N) is 3. The predicted octanol–water partition coefficient (Wildman–Crippen LogP) is 3.87. The molecule has 1 fully saturated rings. The zero-order chi connectivity index (χ0) is 22.0. The first-order chi connectivity index (χ1) is 15.7. The Morgan fingerprint density at radius 1 is 1.03 bits per heavy atom. The minimum absolute atomic E-state index is 0.209. The zero-order valence-corrected chi connectivity index (χ0v) is 18.5. The van der Waals surface area contributed by atoms with Gasteiger partial charge in [0.2, 0.25) is 0 Å². The lowest BCUT2D eigenvalue weighted by atomic mass is 9.97. The second-order valence-corrected chi connectivity index (χ2v) is 8.83. The summed E-state index contributed by atoms with van der Waals surface area (Å²) in [6.45, 7) is 2.77. The van der Waals surface area contributed by atoms with E-state index in [0.717, 1.165) is 78.9 Å². The van der Waals surface area contributed by atoms with Crippen molar-refractivity contribution in [3.63, 3.8) is 0 Å². The molecule has 2 aliphatic heterocycles. The molecule has 1 spiro atoms. The van der Waals surface area contributed by atoms with Gasteiger partial charge >= 0.3 is 0 Å². The van der Waals surface area contributed by atoms with Crippen LogP contribution in [0.25, 0.3) is 11.1 Å². The Morgan fingerprint density at radius 2 is 1.78 bits per heavy atom. The summed E-state index contributed by atoms with van der Waals surface area (Å²) in [5, 5.41) is 4.24. The van der Waals surface area contributed by atoms with E-state index in [-0.39, 0.29) is 5.91 Å². The number of amidine groups is 2. The van der Waals surface area contributed by atoms with E-state index in [1.165, 1.54) is 0 Å². The van der Waals surface area contributed by atoms with Crippen LogP contribution in [0, 0.1) is 0 Å². The van der Waals surface area contributed by atoms with Crippen LogP contribution in [-0.4, -0.2) is 28.0 Å². The summed E-state index contributed by atoms with van der Waals surface area (Å²) < 4.78 is 0. The molecule has 0 saturated heterocycles. The van der Waals surface area contributed by atoms with Crippen molar-refractivity contribution >= 4 is 17.6 Å². The van der Waals surface area contributed by atoms with Crippen LogP contribution < -0.4 is 16.5 Å². The van der Waals surface area contributed by atoms with Gasteiger partial charge in [0.15, 0.2) is 5.84 Å². The molecule has 2 aromatic carbocycles. The number of hydrogen-bond donors (Lipinski definition) is 3. The average Bonchev–Trinajstić information content (AvgIpc) is 3.58. The summed E-state index contributed by atoms with van der Waals surface area (Å²) in [6.07, 6.45) is 7.05. The van der Waals surface area contributed by atoms with Crippen molar-refractivity contribution in [1.29, 1.82) is 0 Å². The first kappa shape index (κ1) is 20.7. The van der Waals surface area contributed by atoms with Gasteiger partial charge in [0.1, 0.15) is 11.4 Å². The van der Waals surface area contributed by atoms with Gasteiger partial charge in [-0.2, -0.15) is 0 Å². The molecule has 1 saturated carbocycles. The topological polar surface area (TPSA) is 81.1 Å². The summed E-state index contributed by atoms with van der Waals surface area (Å²) in [5.74, 6) is 1.95. The lowest BCUT2D eigenvalue weighted by molar-refractivity contribution is -0.131. The third-order valence-corrected chi connectivity index (χ3v) is 6.67. The fourth-order valence-electron chi connectivity index (χ4n) is 4.94. The van der Waals surface area contributed by atoms with Crippen LogP contribution in [0.5, 0.6) is 0 Å². The summed E-state index contributed by atoms with van der Waals surface area (Å²) in [4.78, 5) is 20.3. The molecule has 2 aromatic rings. The van der Waals surface area contributed by atoms with Crippen molar-refractivity contribution in [1.82, 2.24) is 21.4 Å². The van der Waals surface area contributed by atoms with Crippen LogP contribution in [0.1, 0.15) is 63.0 Å². The molecule has 2 heterocycles. The highest BCUT2D eigenvalue weighted by atomic mass is 16.2. The molecule has 5 rings (SSSR count). The number of unbranched alkanes of at least 4 members (excludes halogenated alkanes) is 1. The first-order valence-corrected chi connectivity index (χ1v) is 11.6. The SMILES string of the molecule is CCCCC1=NC2(CCCC2)C(=O)N1Cc1ccc(-c2ccccc2C2=NNNN2)cc1. The molecule has 0 bridgehead atoms. The van der Waals surface area contributed by atoms with Crippen LogP contribution in [0.4, 0.5) is 0 Å². The van der Waals surface area contributed by atoms with E-state index in [1.807, 2.05) is 23.1 Å². The number of nitrogens with zero attached hydrogens (tertiary/aromatic N) is 3. The van der Waals surface area contributed by atoms with Gasteiger partial charge in [0, 0.05) is 12.0 Å². The highest BCUT2D eigenvalue weighted by molar-refractivity contribution is 6.08. The van der Waals surface area contributed by atoms with Gasteiger partial charge in [0.25, 0.3) is 5.91 Å². The summed E-state index contributed by atoms with van der Waals surface area (Å²) >= 11 is 0. The largest absolute Gasteiger partial charge is 0.294 e. The van der Waals surface area contributed by atoms with Crippen LogP contribution in [-0.2, 0) is 11.3 Å². The number of carbonyl (C=O) groups is 1. The Bertz CT molecular complexity index is 1050. The standard InChI is InChI=1S/C25H30N6O/c1-2-3-10-22-26-25(15-6-7-16-25)24(32)31(22)17-18-11-13-19(14-12-18)20-8-4-5-9-21(20)23-27-29-30-28-23/h4-5,8-9,11-14,29-30H,2-3,6-7,10,15-17H2,1H3,(H,27,28). The van der Waals surface area contributed by atoms with Crippen LogP contribution in [0.3, 0.4) is 0 Å². The normalized spacial score (nSPS) is 19.2. The number of rotatable bonds is 7. The van der Waals surface area contributed by atoms with Gasteiger partial charge in [-0.05, 0) is 36.0 Å². The fourth-order valence-corrected chi connectivity index (χ4v) is 4.94. The number of aliphatic imine (C=N–C) groups is 1. The molecule has 7 nitrogen and oxygen atoms in total. The smallest absolute Gasteiger partial charge is 0.256 e. The monoisotopic (exact) mass is 430 g/mol. The van der Waals surface area contributed by atoms with Crippen molar-refractivity contribution in [2.24, 2.45) is 10.1 Å². The molecule has 3 N–H and O–H groups in total. The lowest BCUT2D eigenvalue weighted by Gasteiger charge is -2.23. The Morgan fingerprint density at radius 3 is 2.47 bits per heavy atom. The van der Waals surface area contributed by atoms with Crippen molar-refractivity contribution in [3.8, 4) is 11.1 Å². The first-order valence-electron chi connectivity index (χ1n) is 11.6. The highest BCUT2D eigenvalue weighted by Gasteiger charge is 2.49. The number of benzene rings is 2. The lowest BCUT2D eigenvalue weighted by Crippen LogP contribution is -2.40. The Hall–Kier alpha value is -3.19. The van der Waals surface area contributed by atoms with Gasteiger partial charge in [-0.15, -0.1) is 10.6 Å². The maximum Gasteiger partial charge on any atom is 0.256 e. The molecule has 0 atom stereocenters. The Balaban J connectivity index is 1.37. The fraction of sp³-hybridized carbons (Fsp3) is 0.400. The van der Waals surface area contributed by atoms with Gasteiger partial charge in [-0.3, -0.25) is 20.1 Å². The maximum atomic E-state index is 13.4. The zero-order valence-electron chi connectivity index (χ0n) is 18.5. The molecule has 1 amide bonds.